The van der Waals surface area contributed by atoms with Crippen molar-refractivity contribution in [3.8, 4) is 5.75 Å². The molecule has 0 saturated heterocycles. The zero-order valence-electron chi connectivity index (χ0n) is 9.90. The highest BCUT2D eigenvalue weighted by molar-refractivity contribution is 6.32. The minimum absolute atomic E-state index is 0.550. The number of hydrogen-bond acceptors (Lipinski definition) is 3. The molecule has 0 aliphatic carbocycles. The average Bonchev–Trinajstić information content (AvgIpc) is 2.39. The Labute approximate surface area is 112 Å². The molecule has 0 aliphatic rings. The molecule has 0 spiro atoms. The fourth-order valence-electron chi connectivity index (χ4n) is 1.52. The number of nitrogens with one attached hydrogen (secondary N) is 1. The molecule has 94 valence electrons. The summed E-state index contributed by atoms with van der Waals surface area (Å²) in [5.74, 6) is 0.707. The van der Waals surface area contributed by atoms with Gasteiger partial charge in [-0.25, -0.2) is 0 Å². The van der Waals surface area contributed by atoms with Gasteiger partial charge in [-0.1, -0.05) is 23.7 Å². The van der Waals surface area contributed by atoms with Crippen LogP contribution in [0.4, 0.5) is 11.4 Å². The van der Waals surface area contributed by atoms with Crippen LogP contribution in [0.2, 0.25) is 5.02 Å². The first-order valence-corrected chi connectivity index (χ1v) is 6.10. The molecule has 0 atom stereocenters. The number of rotatable bonds is 5. The molecule has 0 aliphatic heterocycles. The first-order valence-electron chi connectivity index (χ1n) is 5.72. The van der Waals surface area contributed by atoms with Crippen LogP contribution in [0.3, 0.4) is 0 Å². The van der Waals surface area contributed by atoms with Gasteiger partial charge in [0, 0.05) is 17.9 Å². The fraction of sp³-hybridized carbons (Fsp3) is 0.143. The Kier molecular flexibility index (Phi) is 4.31. The van der Waals surface area contributed by atoms with Crippen molar-refractivity contribution >= 4 is 23.0 Å². The van der Waals surface area contributed by atoms with Crippen molar-refractivity contribution in [2.75, 3.05) is 24.2 Å². The van der Waals surface area contributed by atoms with Gasteiger partial charge >= 0.3 is 0 Å². The van der Waals surface area contributed by atoms with Gasteiger partial charge in [0.05, 0.1) is 5.02 Å². The normalized spacial score (nSPS) is 10.1. The maximum absolute atomic E-state index is 5.98. The molecule has 3 nitrogen and oxygen atoms in total. The van der Waals surface area contributed by atoms with Crippen molar-refractivity contribution in [3.63, 3.8) is 0 Å². The van der Waals surface area contributed by atoms with E-state index in [0.29, 0.717) is 23.9 Å². The van der Waals surface area contributed by atoms with Crippen LogP contribution >= 0.6 is 11.6 Å². The Bertz CT molecular complexity index is 499. The maximum atomic E-state index is 5.98. The third kappa shape index (κ3) is 3.57. The third-order valence-corrected chi connectivity index (χ3v) is 2.75. The molecular formula is C14H15ClN2O. The number of nitrogens with two attached hydrogens (primary N) is 1. The first kappa shape index (κ1) is 12.6. The lowest BCUT2D eigenvalue weighted by atomic mass is 10.3. The van der Waals surface area contributed by atoms with E-state index in [1.54, 1.807) is 0 Å². The Morgan fingerprint density at radius 2 is 1.78 bits per heavy atom. The zero-order valence-corrected chi connectivity index (χ0v) is 10.7. The number of anilines is 2. The maximum Gasteiger partial charge on any atom is 0.137 e. The first-order chi connectivity index (χ1) is 8.75. The molecule has 0 radical (unpaired) electrons. The van der Waals surface area contributed by atoms with E-state index in [-0.39, 0.29) is 0 Å². The van der Waals surface area contributed by atoms with Crippen molar-refractivity contribution < 1.29 is 4.74 Å². The molecule has 2 aromatic rings. The van der Waals surface area contributed by atoms with E-state index < -0.39 is 0 Å². The SMILES string of the molecule is Nc1ccc(NCCOc2ccccc2Cl)cc1. The average molecular weight is 263 g/mol. The number of ether oxygens (including phenoxy) is 1. The molecule has 0 fully saturated rings. The van der Waals surface area contributed by atoms with Gasteiger partial charge in [0.2, 0.25) is 0 Å². The van der Waals surface area contributed by atoms with Crippen LogP contribution in [0.25, 0.3) is 0 Å². The lowest BCUT2D eigenvalue weighted by molar-refractivity contribution is 0.333. The van der Waals surface area contributed by atoms with Crippen molar-refractivity contribution in [2.45, 2.75) is 0 Å². The molecule has 3 N–H and O–H groups in total. The Morgan fingerprint density at radius 1 is 1.06 bits per heavy atom. The highest BCUT2D eigenvalue weighted by Gasteiger charge is 1.98. The minimum Gasteiger partial charge on any atom is -0.490 e. The monoisotopic (exact) mass is 262 g/mol. The van der Waals surface area contributed by atoms with Crippen molar-refractivity contribution in [2.24, 2.45) is 0 Å². The van der Waals surface area contributed by atoms with Gasteiger partial charge in [-0.2, -0.15) is 0 Å². The van der Waals surface area contributed by atoms with Crippen LogP contribution in [-0.4, -0.2) is 13.2 Å². The molecule has 0 aromatic heterocycles. The lowest BCUT2D eigenvalue weighted by Crippen LogP contribution is -2.11. The molecule has 0 heterocycles. The summed E-state index contributed by atoms with van der Waals surface area (Å²) in [5.41, 5.74) is 7.38. The van der Waals surface area contributed by atoms with Gasteiger partial charge < -0.3 is 15.8 Å². The standard InChI is InChI=1S/C14H15ClN2O/c15-13-3-1-2-4-14(13)18-10-9-17-12-7-5-11(16)6-8-12/h1-8,17H,9-10,16H2. The summed E-state index contributed by atoms with van der Waals surface area (Å²) in [5, 5.41) is 3.87. The molecule has 2 aromatic carbocycles. The van der Waals surface area contributed by atoms with Crippen molar-refractivity contribution in [1.29, 1.82) is 0 Å². The van der Waals surface area contributed by atoms with Gasteiger partial charge in [0.25, 0.3) is 0 Å². The molecular weight excluding hydrogens is 248 g/mol. The van der Waals surface area contributed by atoms with E-state index in [9.17, 15) is 0 Å². The number of nitrogen functional groups attached to an aromatic ring is 1. The van der Waals surface area contributed by atoms with Gasteiger partial charge in [0.1, 0.15) is 12.4 Å². The quantitative estimate of drug-likeness (QED) is 0.641. The number of para-hydroxylation sites is 1. The second kappa shape index (κ2) is 6.17. The zero-order chi connectivity index (χ0) is 12.8. The number of hydrogen-bond donors (Lipinski definition) is 2. The summed E-state index contributed by atoms with van der Waals surface area (Å²) >= 11 is 5.98. The molecule has 0 saturated carbocycles. The second-order valence-electron chi connectivity index (χ2n) is 3.83. The topological polar surface area (TPSA) is 47.3 Å². The summed E-state index contributed by atoms with van der Waals surface area (Å²) in [6.45, 7) is 1.25. The summed E-state index contributed by atoms with van der Waals surface area (Å²) in [4.78, 5) is 0. The highest BCUT2D eigenvalue weighted by atomic mass is 35.5. The van der Waals surface area contributed by atoms with Crippen molar-refractivity contribution in [1.82, 2.24) is 0 Å². The van der Waals surface area contributed by atoms with Crippen LogP contribution in [0.1, 0.15) is 0 Å². The molecule has 0 bridgehead atoms. The molecule has 0 unspecified atom stereocenters. The van der Waals surface area contributed by atoms with Crippen LogP contribution in [0.15, 0.2) is 48.5 Å². The third-order valence-electron chi connectivity index (χ3n) is 2.44. The highest BCUT2D eigenvalue weighted by Crippen LogP contribution is 2.22. The molecule has 0 amide bonds. The van der Waals surface area contributed by atoms with E-state index in [1.165, 1.54) is 0 Å². The minimum atomic E-state index is 0.550. The van der Waals surface area contributed by atoms with Gasteiger partial charge in [0.15, 0.2) is 0 Å². The second-order valence-corrected chi connectivity index (χ2v) is 4.23. The van der Waals surface area contributed by atoms with E-state index in [2.05, 4.69) is 5.32 Å². The summed E-state index contributed by atoms with van der Waals surface area (Å²) < 4.78 is 5.56. The molecule has 2 rings (SSSR count). The number of benzene rings is 2. The summed E-state index contributed by atoms with van der Waals surface area (Å²) in [6, 6.07) is 15.0. The van der Waals surface area contributed by atoms with E-state index in [4.69, 9.17) is 22.1 Å². The predicted octanol–water partition coefficient (Wildman–Crippen LogP) is 3.41. The Morgan fingerprint density at radius 3 is 2.50 bits per heavy atom. The van der Waals surface area contributed by atoms with E-state index >= 15 is 0 Å². The van der Waals surface area contributed by atoms with E-state index in [0.717, 1.165) is 11.4 Å². The van der Waals surface area contributed by atoms with Crippen molar-refractivity contribution in [3.05, 3.63) is 53.6 Å². The largest absolute Gasteiger partial charge is 0.490 e. The van der Waals surface area contributed by atoms with Crippen LogP contribution in [0, 0.1) is 0 Å². The fourth-order valence-corrected chi connectivity index (χ4v) is 1.71. The number of halogens is 1. The van der Waals surface area contributed by atoms with Crippen LogP contribution in [-0.2, 0) is 0 Å². The van der Waals surface area contributed by atoms with Gasteiger partial charge in [-0.05, 0) is 36.4 Å². The predicted molar refractivity (Wildman–Crippen MR) is 76.3 cm³/mol. The van der Waals surface area contributed by atoms with Crippen LogP contribution < -0.4 is 15.8 Å². The van der Waals surface area contributed by atoms with Crippen LogP contribution in [0.5, 0.6) is 5.75 Å². The summed E-state index contributed by atoms with van der Waals surface area (Å²) in [7, 11) is 0. The Balaban J connectivity index is 1.76. The van der Waals surface area contributed by atoms with Gasteiger partial charge in [-0.15, -0.1) is 0 Å². The Hall–Kier alpha value is -1.87. The molecule has 4 heteroatoms. The lowest BCUT2D eigenvalue weighted by Gasteiger charge is -2.09. The summed E-state index contributed by atoms with van der Waals surface area (Å²) in [6.07, 6.45) is 0. The smallest absolute Gasteiger partial charge is 0.137 e. The van der Waals surface area contributed by atoms with E-state index in [1.807, 2.05) is 48.5 Å². The molecule has 18 heavy (non-hydrogen) atoms. The van der Waals surface area contributed by atoms with Gasteiger partial charge in [-0.3, -0.25) is 0 Å².